The number of rotatable bonds is 3. The zero-order valence-corrected chi connectivity index (χ0v) is 16.0. The van der Waals surface area contributed by atoms with E-state index in [9.17, 15) is 14.0 Å². The molecule has 1 atom stereocenters. The lowest BCUT2D eigenvalue weighted by Crippen LogP contribution is -2.43. The van der Waals surface area contributed by atoms with Crippen molar-refractivity contribution in [3.8, 4) is 0 Å². The molecule has 3 rings (SSSR count). The molecule has 0 bridgehead atoms. The first-order valence-electron chi connectivity index (χ1n) is 9.28. The van der Waals surface area contributed by atoms with Gasteiger partial charge in [0.1, 0.15) is 5.82 Å². The lowest BCUT2D eigenvalue weighted by molar-refractivity contribution is -0.121. The zero-order valence-electron chi connectivity index (χ0n) is 16.0. The van der Waals surface area contributed by atoms with Crippen LogP contribution in [-0.2, 0) is 4.79 Å². The summed E-state index contributed by atoms with van der Waals surface area (Å²) >= 11 is 0. The minimum absolute atomic E-state index is 0.0410. The minimum Gasteiger partial charge on any atom is -0.338 e. The van der Waals surface area contributed by atoms with Gasteiger partial charge in [-0.25, -0.2) is 4.39 Å². The SMILES string of the molecule is Cc1cc(C)cc(C(=O)N2CCC[C@@H](C(=O)Nc3ccc(C)c(F)c3)C2)c1. The fraction of sp³-hybridized carbons (Fsp3) is 0.364. The molecule has 4 nitrogen and oxygen atoms in total. The zero-order chi connectivity index (χ0) is 19.6. The van der Waals surface area contributed by atoms with Crippen LogP contribution in [0.1, 0.15) is 39.9 Å². The summed E-state index contributed by atoms with van der Waals surface area (Å²) in [6.45, 7) is 6.65. The Morgan fingerprint density at radius 2 is 1.78 bits per heavy atom. The molecule has 1 saturated heterocycles. The predicted molar refractivity (Wildman–Crippen MR) is 104 cm³/mol. The second-order valence-corrected chi connectivity index (χ2v) is 7.42. The van der Waals surface area contributed by atoms with Crippen molar-refractivity contribution in [3.05, 3.63) is 64.5 Å². The molecule has 0 radical (unpaired) electrons. The number of hydrogen-bond donors (Lipinski definition) is 1. The number of carbonyl (C=O) groups is 2. The van der Waals surface area contributed by atoms with Crippen LogP contribution in [0.3, 0.4) is 0 Å². The maximum absolute atomic E-state index is 13.7. The average molecular weight is 368 g/mol. The van der Waals surface area contributed by atoms with E-state index < -0.39 is 0 Å². The van der Waals surface area contributed by atoms with Gasteiger partial charge in [-0.1, -0.05) is 23.3 Å². The Morgan fingerprint density at radius 1 is 1.07 bits per heavy atom. The highest BCUT2D eigenvalue weighted by molar-refractivity contribution is 5.96. The van der Waals surface area contributed by atoms with Gasteiger partial charge >= 0.3 is 0 Å². The molecule has 1 aliphatic rings. The number of aryl methyl sites for hydroxylation is 3. The Morgan fingerprint density at radius 3 is 2.44 bits per heavy atom. The van der Waals surface area contributed by atoms with E-state index in [-0.39, 0.29) is 23.5 Å². The highest BCUT2D eigenvalue weighted by atomic mass is 19.1. The Kier molecular flexibility index (Phi) is 5.59. The van der Waals surface area contributed by atoms with Gasteiger partial charge in [0.25, 0.3) is 5.91 Å². The third-order valence-electron chi connectivity index (χ3n) is 4.99. The summed E-state index contributed by atoms with van der Waals surface area (Å²) in [5, 5.41) is 2.78. The predicted octanol–water partition coefficient (Wildman–Crippen LogP) is 4.24. The van der Waals surface area contributed by atoms with Crippen molar-refractivity contribution in [1.82, 2.24) is 4.90 Å². The Labute approximate surface area is 159 Å². The van der Waals surface area contributed by atoms with E-state index >= 15 is 0 Å². The monoisotopic (exact) mass is 368 g/mol. The number of likely N-dealkylation sites (tertiary alicyclic amines) is 1. The van der Waals surface area contributed by atoms with Crippen LogP contribution in [0.25, 0.3) is 0 Å². The molecule has 142 valence electrons. The molecule has 2 aromatic rings. The Hall–Kier alpha value is -2.69. The quantitative estimate of drug-likeness (QED) is 0.881. The Balaban J connectivity index is 1.68. The smallest absolute Gasteiger partial charge is 0.253 e. The number of amides is 2. The molecule has 27 heavy (non-hydrogen) atoms. The summed E-state index contributed by atoms with van der Waals surface area (Å²) in [6, 6.07) is 10.5. The van der Waals surface area contributed by atoms with E-state index in [4.69, 9.17) is 0 Å². The van der Waals surface area contributed by atoms with Crippen molar-refractivity contribution < 1.29 is 14.0 Å². The maximum atomic E-state index is 13.7. The molecule has 1 fully saturated rings. The van der Waals surface area contributed by atoms with Crippen LogP contribution in [0.4, 0.5) is 10.1 Å². The van der Waals surface area contributed by atoms with Gasteiger partial charge in [-0.3, -0.25) is 9.59 Å². The highest BCUT2D eigenvalue weighted by Gasteiger charge is 2.29. The van der Waals surface area contributed by atoms with E-state index in [1.165, 1.54) is 6.07 Å². The van der Waals surface area contributed by atoms with E-state index in [2.05, 4.69) is 5.32 Å². The van der Waals surface area contributed by atoms with E-state index in [0.29, 0.717) is 29.9 Å². The number of benzene rings is 2. The third-order valence-corrected chi connectivity index (χ3v) is 4.99. The van der Waals surface area contributed by atoms with Crippen molar-refractivity contribution >= 4 is 17.5 Å². The minimum atomic E-state index is -0.344. The van der Waals surface area contributed by atoms with E-state index in [1.54, 1.807) is 24.0 Å². The average Bonchev–Trinajstić information content (AvgIpc) is 2.63. The summed E-state index contributed by atoms with van der Waals surface area (Å²) in [5.74, 6) is -0.849. The summed E-state index contributed by atoms with van der Waals surface area (Å²) in [6.07, 6.45) is 1.49. The van der Waals surface area contributed by atoms with Gasteiger partial charge in [0.15, 0.2) is 0 Å². The van der Waals surface area contributed by atoms with Crippen LogP contribution in [0.2, 0.25) is 0 Å². The summed E-state index contributed by atoms with van der Waals surface area (Å²) in [5.41, 5.74) is 3.74. The molecule has 5 heteroatoms. The molecule has 1 N–H and O–H groups in total. The molecule has 2 amide bonds. The van der Waals surface area contributed by atoms with Crippen molar-refractivity contribution in [2.75, 3.05) is 18.4 Å². The normalized spacial score (nSPS) is 16.9. The van der Waals surface area contributed by atoms with Crippen molar-refractivity contribution in [2.45, 2.75) is 33.6 Å². The molecule has 1 heterocycles. The fourth-order valence-corrected chi connectivity index (χ4v) is 3.57. The van der Waals surface area contributed by atoms with Gasteiger partial charge in [0.2, 0.25) is 5.91 Å². The summed E-state index contributed by atoms with van der Waals surface area (Å²) in [7, 11) is 0. The molecule has 0 aromatic heterocycles. The number of halogens is 1. The number of nitrogens with one attached hydrogen (secondary N) is 1. The van der Waals surface area contributed by atoms with E-state index in [1.807, 2.05) is 32.0 Å². The molecule has 0 aliphatic carbocycles. The first-order valence-corrected chi connectivity index (χ1v) is 9.28. The van der Waals surface area contributed by atoms with Crippen LogP contribution in [-0.4, -0.2) is 29.8 Å². The van der Waals surface area contributed by atoms with Crippen LogP contribution >= 0.6 is 0 Å². The van der Waals surface area contributed by atoms with Crippen LogP contribution in [0.5, 0.6) is 0 Å². The first-order chi connectivity index (χ1) is 12.8. The largest absolute Gasteiger partial charge is 0.338 e. The second kappa shape index (κ2) is 7.91. The van der Waals surface area contributed by atoms with Crippen molar-refractivity contribution in [1.29, 1.82) is 0 Å². The maximum Gasteiger partial charge on any atom is 0.253 e. The van der Waals surface area contributed by atoms with Crippen molar-refractivity contribution in [2.24, 2.45) is 5.92 Å². The van der Waals surface area contributed by atoms with Crippen molar-refractivity contribution in [3.63, 3.8) is 0 Å². The molecular formula is C22H25FN2O2. The number of hydrogen-bond acceptors (Lipinski definition) is 2. The van der Waals surface area contributed by atoms with Gasteiger partial charge < -0.3 is 10.2 Å². The van der Waals surface area contributed by atoms with Gasteiger partial charge in [-0.05, 0) is 63.4 Å². The lowest BCUT2D eigenvalue weighted by atomic mass is 9.96. The third kappa shape index (κ3) is 4.54. The molecular weight excluding hydrogens is 343 g/mol. The molecule has 0 unspecified atom stereocenters. The number of carbonyl (C=O) groups excluding carboxylic acids is 2. The summed E-state index contributed by atoms with van der Waals surface area (Å²) < 4.78 is 13.7. The lowest BCUT2D eigenvalue weighted by Gasteiger charge is -2.32. The second-order valence-electron chi connectivity index (χ2n) is 7.42. The molecule has 2 aromatic carbocycles. The first kappa shape index (κ1) is 19.1. The van der Waals surface area contributed by atoms with Crippen LogP contribution in [0.15, 0.2) is 36.4 Å². The van der Waals surface area contributed by atoms with Gasteiger partial charge in [-0.2, -0.15) is 0 Å². The number of nitrogens with zero attached hydrogens (tertiary/aromatic N) is 1. The molecule has 0 saturated carbocycles. The molecule has 1 aliphatic heterocycles. The number of anilines is 1. The number of piperidine rings is 1. The van der Waals surface area contributed by atoms with E-state index in [0.717, 1.165) is 24.0 Å². The molecule has 0 spiro atoms. The van der Waals surface area contributed by atoms with Gasteiger partial charge in [0.05, 0.1) is 5.92 Å². The van der Waals surface area contributed by atoms with Crippen LogP contribution in [0, 0.1) is 32.5 Å². The standard InChI is InChI=1S/C22H25FN2O2/c1-14-9-15(2)11-18(10-14)22(27)25-8-4-5-17(13-25)21(26)24-19-7-6-16(3)20(23)12-19/h6-7,9-12,17H,4-5,8,13H2,1-3H3,(H,24,26)/t17-/m1/s1. The Bertz CT molecular complexity index is 858. The highest BCUT2D eigenvalue weighted by Crippen LogP contribution is 2.22. The fourth-order valence-electron chi connectivity index (χ4n) is 3.57. The van der Waals surface area contributed by atoms with Gasteiger partial charge in [-0.15, -0.1) is 0 Å². The van der Waals surface area contributed by atoms with Gasteiger partial charge in [0, 0.05) is 24.3 Å². The topological polar surface area (TPSA) is 49.4 Å². The summed E-state index contributed by atoms with van der Waals surface area (Å²) in [4.78, 5) is 27.2. The van der Waals surface area contributed by atoms with Crippen LogP contribution < -0.4 is 5.32 Å².